The summed E-state index contributed by atoms with van der Waals surface area (Å²) in [6, 6.07) is 14.8. The minimum atomic E-state index is -0.353. The van der Waals surface area contributed by atoms with Gasteiger partial charge >= 0.3 is 5.97 Å². The van der Waals surface area contributed by atoms with Crippen molar-refractivity contribution < 1.29 is 14.3 Å². The molecule has 0 atom stereocenters. The second-order valence-electron chi connectivity index (χ2n) is 5.80. The van der Waals surface area contributed by atoms with Gasteiger partial charge in [-0.1, -0.05) is 38.3 Å². The molecule has 3 nitrogen and oxygen atoms in total. The number of ether oxygens (including phenoxy) is 2. The largest absolute Gasteiger partial charge is 0.494 e. The van der Waals surface area contributed by atoms with Crippen LogP contribution in [-0.2, 0) is 6.42 Å². The smallest absolute Gasteiger partial charge is 0.343 e. The van der Waals surface area contributed by atoms with Crippen molar-refractivity contribution in [3.63, 3.8) is 0 Å². The minimum Gasteiger partial charge on any atom is -0.494 e. The molecular weight excluding hydrogens is 300 g/mol. The van der Waals surface area contributed by atoms with E-state index in [9.17, 15) is 4.79 Å². The average molecular weight is 326 g/mol. The third-order valence-corrected chi connectivity index (χ3v) is 3.85. The number of hydrogen-bond acceptors (Lipinski definition) is 3. The van der Waals surface area contributed by atoms with Crippen molar-refractivity contribution in [2.24, 2.45) is 0 Å². The molecule has 3 heteroatoms. The first kappa shape index (κ1) is 18.1. The van der Waals surface area contributed by atoms with E-state index in [1.165, 1.54) is 31.2 Å². The monoisotopic (exact) mass is 326 g/mol. The van der Waals surface area contributed by atoms with E-state index in [4.69, 9.17) is 9.47 Å². The lowest BCUT2D eigenvalue weighted by atomic mass is 10.1. The molecular formula is C21H26O3. The summed E-state index contributed by atoms with van der Waals surface area (Å²) in [5.41, 5.74) is 1.80. The summed E-state index contributed by atoms with van der Waals surface area (Å²) >= 11 is 0. The summed E-state index contributed by atoms with van der Waals surface area (Å²) in [5, 5.41) is 0. The molecule has 0 radical (unpaired) electrons. The van der Waals surface area contributed by atoms with Crippen LogP contribution in [0.4, 0.5) is 0 Å². The van der Waals surface area contributed by atoms with Gasteiger partial charge in [0.1, 0.15) is 11.5 Å². The summed E-state index contributed by atoms with van der Waals surface area (Å²) in [6.07, 6.45) is 6.09. The normalized spacial score (nSPS) is 10.4. The van der Waals surface area contributed by atoms with Gasteiger partial charge in [-0.15, -0.1) is 0 Å². The predicted molar refractivity (Wildman–Crippen MR) is 96.9 cm³/mol. The van der Waals surface area contributed by atoms with Crippen molar-refractivity contribution in [1.29, 1.82) is 0 Å². The molecule has 0 bridgehead atoms. The van der Waals surface area contributed by atoms with Crippen LogP contribution < -0.4 is 9.47 Å². The molecule has 0 N–H and O–H groups in total. The van der Waals surface area contributed by atoms with Gasteiger partial charge in [0.25, 0.3) is 0 Å². The van der Waals surface area contributed by atoms with E-state index < -0.39 is 0 Å². The molecule has 0 aliphatic carbocycles. The highest BCUT2D eigenvalue weighted by atomic mass is 16.5. The van der Waals surface area contributed by atoms with E-state index in [1.807, 2.05) is 31.2 Å². The van der Waals surface area contributed by atoms with Crippen LogP contribution in [0.2, 0.25) is 0 Å². The highest BCUT2D eigenvalue weighted by molar-refractivity contribution is 5.91. The Labute approximate surface area is 144 Å². The quantitative estimate of drug-likeness (QED) is 0.350. The zero-order valence-electron chi connectivity index (χ0n) is 14.6. The van der Waals surface area contributed by atoms with Gasteiger partial charge < -0.3 is 9.47 Å². The maximum Gasteiger partial charge on any atom is 0.343 e. The fraction of sp³-hybridized carbons (Fsp3) is 0.381. The predicted octanol–water partition coefficient (Wildman–Crippen LogP) is 5.43. The molecule has 0 saturated carbocycles. The van der Waals surface area contributed by atoms with Gasteiger partial charge in [0, 0.05) is 0 Å². The number of carbonyl (C=O) groups is 1. The number of unbranched alkanes of at least 4 members (excludes halogenated alkanes) is 3. The lowest BCUT2D eigenvalue weighted by Crippen LogP contribution is -2.08. The molecule has 0 fully saturated rings. The Morgan fingerprint density at radius 1 is 0.833 bits per heavy atom. The van der Waals surface area contributed by atoms with Crippen molar-refractivity contribution in [2.45, 2.75) is 46.0 Å². The first-order valence-electron chi connectivity index (χ1n) is 8.77. The zero-order chi connectivity index (χ0) is 17.2. The van der Waals surface area contributed by atoms with Gasteiger partial charge in [0.2, 0.25) is 0 Å². The molecule has 0 spiro atoms. The Morgan fingerprint density at radius 3 is 2.12 bits per heavy atom. The second-order valence-corrected chi connectivity index (χ2v) is 5.80. The Morgan fingerprint density at radius 2 is 1.50 bits per heavy atom. The molecule has 0 saturated heterocycles. The molecule has 0 amide bonds. The van der Waals surface area contributed by atoms with Crippen LogP contribution >= 0.6 is 0 Å². The maximum atomic E-state index is 12.1. The van der Waals surface area contributed by atoms with Gasteiger partial charge in [0.05, 0.1) is 12.2 Å². The van der Waals surface area contributed by atoms with Crippen molar-refractivity contribution in [3.8, 4) is 11.5 Å². The minimum absolute atomic E-state index is 0.353. The Hall–Kier alpha value is -2.29. The number of rotatable bonds is 9. The standard InChI is InChI=1S/C21H26O3/c1-3-5-6-7-8-17-9-13-20(14-10-17)24-21(22)18-11-15-19(16-12-18)23-4-2/h9-16H,3-8H2,1-2H3. The summed E-state index contributed by atoms with van der Waals surface area (Å²) in [5.74, 6) is 0.974. The molecule has 0 aliphatic heterocycles. The van der Waals surface area contributed by atoms with Crippen LogP contribution in [0.3, 0.4) is 0 Å². The van der Waals surface area contributed by atoms with Gasteiger partial charge in [-0.2, -0.15) is 0 Å². The summed E-state index contributed by atoms with van der Waals surface area (Å²) in [4.78, 5) is 12.1. The molecule has 0 aliphatic rings. The number of esters is 1. The molecule has 2 rings (SSSR count). The highest BCUT2D eigenvalue weighted by Crippen LogP contribution is 2.17. The van der Waals surface area contributed by atoms with Crippen LogP contribution in [0.5, 0.6) is 11.5 Å². The van der Waals surface area contributed by atoms with Crippen LogP contribution in [0.1, 0.15) is 55.5 Å². The lowest BCUT2D eigenvalue weighted by Gasteiger charge is -2.07. The van der Waals surface area contributed by atoms with Crippen molar-refractivity contribution >= 4 is 5.97 Å². The number of hydrogen-bond donors (Lipinski definition) is 0. The molecule has 0 heterocycles. The molecule has 0 aromatic heterocycles. The Balaban J connectivity index is 1.87. The number of benzene rings is 2. The van der Waals surface area contributed by atoms with E-state index in [0.717, 1.165) is 12.2 Å². The first-order valence-corrected chi connectivity index (χ1v) is 8.77. The van der Waals surface area contributed by atoms with Crippen LogP contribution in [-0.4, -0.2) is 12.6 Å². The molecule has 128 valence electrons. The second kappa shape index (κ2) is 9.76. The van der Waals surface area contributed by atoms with Gasteiger partial charge in [-0.05, 0) is 61.7 Å². The third-order valence-electron chi connectivity index (χ3n) is 3.85. The van der Waals surface area contributed by atoms with Gasteiger partial charge in [-0.25, -0.2) is 4.79 Å². The van der Waals surface area contributed by atoms with E-state index in [0.29, 0.717) is 17.9 Å². The highest BCUT2D eigenvalue weighted by Gasteiger charge is 2.08. The zero-order valence-corrected chi connectivity index (χ0v) is 14.6. The van der Waals surface area contributed by atoms with Gasteiger partial charge in [-0.3, -0.25) is 0 Å². The molecule has 2 aromatic carbocycles. The first-order chi connectivity index (χ1) is 11.7. The Bertz CT molecular complexity index is 615. The van der Waals surface area contributed by atoms with E-state index >= 15 is 0 Å². The summed E-state index contributed by atoms with van der Waals surface area (Å²) in [6.45, 7) is 4.75. The van der Waals surface area contributed by atoms with Crippen molar-refractivity contribution in [2.75, 3.05) is 6.61 Å². The Kier molecular flexibility index (Phi) is 7.34. The fourth-order valence-corrected chi connectivity index (χ4v) is 2.50. The summed E-state index contributed by atoms with van der Waals surface area (Å²) < 4.78 is 10.8. The maximum absolute atomic E-state index is 12.1. The van der Waals surface area contributed by atoms with Crippen molar-refractivity contribution in [3.05, 3.63) is 59.7 Å². The number of carbonyl (C=O) groups excluding carboxylic acids is 1. The molecule has 24 heavy (non-hydrogen) atoms. The van der Waals surface area contributed by atoms with Crippen LogP contribution in [0.25, 0.3) is 0 Å². The van der Waals surface area contributed by atoms with Crippen LogP contribution in [0, 0.1) is 0 Å². The average Bonchev–Trinajstić information content (AvgIpc) is 2.61. The van der Waals surface area contributed by atoms with E-state index in [2.05, 4.69) is 6.92 Å². The molecule has 2 aromatic rings. The van der Waals surface area contributed by atoms with Crippen LogP contribution in [0.15, 0.2) is 48.5 Å². The lowest BCUT2D eigenvalue weighted by molar-refractivity contribution is 0.0734. The molecule has 0 unspecified atom stereocenters. The summed E-state index contributed by atoms with van der Waals surface area (Å²) in [7, 11) is 0. The topological polar surface area (TPSA) is 35.5 Å². The van der Waals surface area contributed by atoms with Gasteiger partial charge in [0.15, 0.2) is 0 Å². The third kappa shape index (κ3) is 5.73. The van der Waals surface area contributed by atoms with Crippen molar-refractivity contribution in [1.82, 2.24) is 0 Å². The van der Waals surface area contributed by atoms with E-state index in [1.54, 1.807) is 24.3 Å². The SMILES string of the molecule is CCCCCCc1ccc(OC(=O)c2ccc(OCC)cc2)cc1. The fourth-order valence-electron chi connectivity index (χ4n) is 2.50. The van der Waals surface area contributed by atoms with E-state index in [-0.39, 0.29) is 5.97 Å². The number of aryl methyl sites for hydroxylation is 1.